The van der Waals surface area contributed by atoms with Crippen LogP contribution in [-0.2, 0) is 21.5 Å². The molecule has 0 radical (unpaired) electrons. The van der Waals surface area contributed by atoms with Gasteiger partial charge in [-0.2, -0.15) is 0 Å². The van der Waals surface area contributed by atoms with E-state index in [9.17, 15) is 9.59 Å². The summed E-state index contributed by atoms with van der Waals surface area (Å²) in [6.45, 7) is 20.5. The van der Waals surface area contributed by atoms with Crippen LogP contribution >= 0.6 is 11.6 Å². The Morgan fingerprint density at radius 1 is 1.17 bits per heavy atom. The molecular weight excluding hydrogens is 472 g/mol. The molecule has 190 valence electrons. The Kier molecular flexibility index (Phi) is 8.51. The van der Waals surface area contributed by atoms with Crippen molar-refractivity contribution in [3.63, 3.8) is 0 Å². The van der Waals surface area contributed by atoms with Gasteiger partial charge in [-0.15, -0.1) is 0 Å². The number of amides is 2. The molecule has 2 aliphatic heterocycles. The molecule has 2 heterocycles. The van der Waals surface area contributed by atoms with Crippen molar-refractivity contribution in [2.75, 3.05) is 13.1 Å². The summed E-state index contributed by atoms with van der Waals surface area (Å²) in [5.41, 5.74) is 4.35. The van der Waals surface area contributed by atoms with Gasteiger partial charge in [0.05, 0.1) is 17.5 Å². The van der Waals surface area contributed by atoms with Gasteiger partial charge in [0.15, 0.2) is 0 Å². The number of hydrogen-bond donors (Lipinski definition) is 0. The first-order valence-corrected chi connectivity index (χ1v) is 12.5. The fraction of sp³-hybridized carbons (Fsp3) is 0.379. The van der Waals surface area contributed by atoms with Crippen molar-refractivity contribution < 1.29 is 9.59 Å². The second-order valence-corrected chi connectivity index (χ2v) is 10.4. The van der Waals surface area contributed by atoms with Gasteiger partial charge in [0.1, 0.15) is 0 Å². The van der Waals surface area contributed by atoms with Crippen molar-refractivity contribution in [3.8, 4) is 0 Å². The molecule has 1 fully saturated rings. The summed E-state index contributed by atoms with van der Waals surface area (Å²) in [6, 6.07) is 5.70. The Morgan fingerprint density at radius 3 is 2.44 bits per heavy atom. The lowest BCUT2D eigenvalue weighted by atomic mass is 9.82. The largest absolute Gasteiger partial charge is 0.339 e. The summed E-state index contributed by atoms with van der Waals surface area (Å²) in [5.74, 6) is 0.204. The molecule has 0 bridgehead atoms. The van der Waals surface area contributed by atoms with Crippen LogP contribution in [0.2, 0.25) is 5.02 Å². The molecule has 0 N–H and O–H groups in total. The third kappa shape index (κ3) is 5.76. The van der Waals surface area contributed by atoms with Crippen molar-refractivity contribution in [3.05, 3.63) is 82.3 Å². The highest BCUT2D eigenvalue weighted by atomic mass is 35.5. The highest BCUT2D eigenvalue weighted by molar-refractivity contribution is 6.30. The summed E-state index contributed by atoms with van der Waals surface area (Å²) in [7, 11) is 0. The number of carbonyl (C=O) groups is 2. The Bertz CT molecular complexity index is 1180. The van der Waals surface area contributed by atoms with Gasteiger partial charge in [0.2, 0.25) is 5.91 Å². The van der Waals surface area contributed by atoms with Gasteiger partial charge >= 0.3 is 0 Å². The van der Waals surface area contributed by atoms with E-state index in [1.807, 2.05) is 43.9 Å². The van der Waals surface area contributed by atoms with E-state index in [0.717, 1.165) is 35.2 Å². The van der Waals surface area contributed by atoms with Gasteiger partial charge in [-0.25, -0.2) is 0 Å². The number of aliphatic imine (C=N–C) groups is 2. The molecule has 0 spiro atoms. The molecule has 2 aliphatic rings. The van der Waals surface area contributed by atoms with E-state index >= 15 is 0 Å². The molecule has 1 aromatic rings. The first-order chi connectivity index (χ1) is 17.0. The number of carbonyl (C=O) groups excluding carboxylic acids is 2. The second kappa shape index (κ2) is 11.2. The van der Waals surface area contributed by atoms with Crippen LogP contribution in [0.5, 0.6) is 0 Å². The van der Waals surface area contributed by atoms with E-state index in [2.05, 4.69) is 29.9 Å². The molecular formula is C29H35ClN4O2. The fourth-order valence-corrected chi connectivity index (χ4v) is 5.22. The smallest absolute Gasteiger partial charge is 0.255 e. The molecule has 3 rings (SSSR count). The zero-order chi connectivity index (χ0) is 26.6. The van der Waals surface area contributed by atoms with Gasteiger partial charge in [0, 0.05) is 42.4 Å². The molecule has 0 saturated carbocycles. The van der Waals surface area contributed by atoms with Crippen molar-refractivity contribution in [1.82, 2.24) is 9.80 Å². The lowest BCUT2D eigenvalue weighted by molar-refractivity contribution is -0.134. The second-order valence-electron chi connectivity index (χ2n) is 9.96. The molecule has 1 aromatic carbocycles. The van der Waals surface area contributed by atoms with E-state index in [0.29, 0.717) is 35.7 Å². The molecule has 0 aliphatic carbocycles. The van der Waals surface area contributed by atoms with Gasteiger partial charge in [-0.05, 0) is 87.6 Å². The minimum absolute atomic E-state index is 0.0319. The number of benzene rings is 1. The number of fused-ring (bicyclic) bond motifs is 1. The topological polar surface area (TPSA) is 65.3 Å². The summed E-state index contributed by atoms with van der Waals surface area (Å²) < 4.78 is 0. The van der Waals surface area contributed by atoms with Gasteiger partial charge in [0.25, 0.3) is 5.91 Å². The number of allylic oxidation sites excluding steroid dienone is 2. The number of piperidine rings is 1. The minimum Gasteiger partial charge on any atom is -0.339 e. The molecule has 0 atom stereocenters. The summed E-state index contributed by atoms with van der Waals surface area (Å²) in [6.07, 6.45) is 6.89. The number of likely N-dealkylation sites (tertiary alicyclic amines) is 1. The Labute approximate surface area is 219 Å². The lowest BCUT2D eigenvalue weighted by Gasteiger charge is -2.44. The third-order valence-corrected chi connectivity index (χ3v) is 7.19. The molecule has 0 aromatic heterocycles. The van der Waals surface area contributed by atoms with Crippen LogP contribution in [0, 0.1) is 5.92 Å². The number of rotatable bonds is 7. The predicted molar refractivity (Wildman–Crippen MR) is 148 cm³/mol. The zero-order valence-electron chi connectivity index (χ0n) is 21.7. The molecule has 6 nitrogen and oxygen atoms in total. The number of hydrogen-bond acceptors (Lipinski definition) is 4. The van der Waals surface area contributed by atoms with Crippen molar-refractivity contribution in [2.45, 2.75) is 52.5 Å². The van der Waals surface area contributed by atoms with E-state index < -0.39 is 5.54 Å². The van der Waals surface area contributed by atoms with Crippen LogP contribution in [-0.4, -0.2) is 47.6 Å². The number of nitrogens with zero attached hydrogens (tertiary/aromatic N) is 4. The van der Waals surface area contributed by atoms with Crippen LogP contribution in [0.3, 0.4) is 0 Å². The average Bonchev–Trinajstić information content (AvgIpc) is 2.82. The van der Waals surface area contributed by atoms with E-state index in [1.54, 1.807) is 24.2 Å². The van der Waals surface area contributed by atoms with Crippen LogP contribution in [0.1, 0.15) is 51.7 Å². The SMILES string of the molecule is C=N/C=C(\C(=C)C)C(=O)N1CCC(C(=C)/C=N\C=C(/C)N2C(=O)Cc3ccc(Cl)cc3C2(C)C)CC1. The van der Waals surface area contributed by atoms with Crippen molar-refractivity contribution >= 4 is 36.3 Å². The standard InChI is InChI=1S/C29H35ClN4O2/c1-19(2)25(18-31-7)28(36)33-12-10-22(11-13-33)20(3)16-32-17-21(4)34-27(35)14-23-8-9-24(30)15-26(23)29(34,5)6/h8-9,15-18,22H,1,3,7,10-14H2,2,4-6H3/b21-17+,25-18+,32-16-. The molecule has 2 amide bonds. The van der Waals surface area contributed by atoms with E-state index in [-0.39, 0.29) is 17.7 Å². The highest BCUT2D eigenvalue weighted by Gasteiger charge is 2.39. The zero-order valence-corrected chi connectivity index (χ0v) is 22.4. The fourth-order valence-electron chi connectivity index (χ4n) is 5.05. The van der Waals surface area contributed by atoms with Crippen LogP contribution < -0.4 is 0 Å². The first kappa shape index (κ1) is 27.3. The normalized spacial score (nSPS) is 18.9. The summed E-state index contributed by atoms with van der Waals surface area (Å²) in [4.78, 5) is 37.6. The molecule has 1 saturated heterocycles. The minimum atomic E-state index is -0.541. The maximum absolute atomic E-state index is 13.0. The molecule has 0 unspecified atom stereocenters. The molecule has 36 heavy (non-hydrogen) atoms. The Morgan fingerprint density at radius 2 is 1.83 bits per heavy atom. The van der Waals surface area contributed by atoms with Crippen LogP contribution in [0.25, 0.3) is 0 Å². The Balaban J connectivity index is 1.64. The summed E-state index contributed by atoms with van der Waals surface area (Å²) in [5, 5.41) is 0.657. The number of halogens is 1. The monoisotopic (exact) mass is 506 g/mol. The predicted octanol–water partition coefficient (Wildman–Crippen LogP) is 5.85. The third-order valence-electron chi connectivity index (χ3n) is 6.95. The first-order valence-electron chi connectivity index (χ1n) is 12.1. The summed E-state index contributed by atoms with van der Waals surface area (Å²) >= 11 is 6.24. The van der Waals surface area contributed by atoms with Crippen molar-refractivity contribution in [1.29, 1.82) is 0 Å². The van der Waals surface area contributed by atoms with Crippen LogP contribution in [0.4, 0.5) is 0 Å². The highest BCUT2D eigenvalue weighted by Crippen LogP contribution is 2.39. The van der Waals surface area contributed by atoms with E-state index in [4.69, 9.17) is 11.6 Å². The van der Waals surface area contributed by atoms with Gasteiger partial charge in [-0.3, -0.25) is 19.6 Å². The molecule has 7 heteroatoms. The van der Waals surface area contributed by atoms with Crippen molar-refractivity contribution in [2.24, 2.45) is 15.9 Å². The van der Waals surface area contributed by atoms with Gasteiger partial charge in [-0.1, -0.05) is 30.8 Å². The van der Waals surface area contributed by atoms with E-state index in [1.165, 1.54) is 6.20 Å². The van der Waals surface area contributed by atoms with Gasteiger partial charge < -0.3 is 9.80 Å². The maximum Gasteiger partial charge on any atom is 0.255 e. The quantitative estimate of drug-likeness (QED) is 0.264. The lowest BCUT2D eigenvalue weighted by Crippen LogP contribution is -2.49. The Hall–Kier alpha value is -3.25. The van der Waals surface area contributed by atoms with Crippen LogP contribution in [0.15, 0.2) is 76.2 Å². The maximum atomic E-state index is 13.0. The average molecular weight is 507 g/mol.